The first-order chi connectivity index (χ1) is 6.18. The highest BCUT2D eigenvalue weighted by molar-refractivity contribution is 6.30. The Morgan fingerprint density at radius 2 is 2.46 bits per heavy atom. The monoisotopic (exact) mass is 198 g/mol. The van der Waals surface area contributed by atoms with E-state index < -0.39 is 0 Å². The summed E-state index contributed by atoms with van der Waals surface area (Å²) >= 11 is 6.06. The number of rotatable bonds is 2. The molecule has 0 aliphatic carbocycles. The normalized spacial score (nSPS) is 14.6. The molecule has 1 aliphatic rings. The summed E-state index contributed by atoms with van der Waals surface area (Å²) in [6.45, 7) is 2.50. The molecule has 0 atom stereocenters. The number of carbonyl (C=O) groups is 1. The molecule has 0 saturated heterocycles. The van der Waals surface area contributed by atoms with E-state index in [4.69, 9.17) is 11.6 Å². The van der Waals surface area contributed by atoms with Gasteiger partial charge in [-0.1, -0.05) is 11.6 Å². The third-order valence-corrected chi connectivity index (χ3v) is 2.67. The number of aromatic nitrogens is 2. The van der Waals surface area contributed by atoms with Crippen LogP contribution >= 0.6 is 11.6 Å². The van der Waals surface area contributed by atoms with E-state index in [1.807, 2.05) is 4.57 Å². The van der Waals surface area contributed by atoms with Gasteiger partial charge in [-0.2, -0.15) is 0 Å². The van der Waals surface area contributed by atoms with Crippen molar-refractivity contribution < 1.29 is 4.79 Å². The number of hydrogen-bond donors (Lipinski definition) is 0. The molecule has 0 amide bonds. The fourth-order valence-corrected chi connectivity index (χ4v) is 1.98. The van der Waals surface area contributed by atoms with Crippen molar-refractivity contribution in [3.63, 3.8) is 0 Å². The van der Waals surface area contributed by atoms with Gasteiger partial charge >= 0.3 is 0 Å². The van der Waals surface area contributed by atoms with Gasteiger partial charge in [-0.3, -0.25) is 4.79 Å². The molecule has 0 fully saturated rings. The van der Waals surface area contributed by atoms with Gasteiger partial charge in [0.25, 0.3) is 0 Å². The Morgan fingerprint density at radius 3 is 3.08 bits per heavy atom. The van der Waals surface area contributed by atoms with Crippen LogP contribution in [0.2, 0.25) is 5.15 Å². The smallest absolute Gasteiger partial charge is 0.135 e. The maximum absolute atomic E-state index is 10.9. The maximum atomic E-state index is 10.9. The quantitative estimate of drug-likeness (QED) is 0.724. The van der Waals surface area contributed by atoms with Crippen LogP contribution in [0.25, 0.3) is 0 Å². The number of nitrogens with zero attached hydrogens (tertiary/aromatic N) is 2. The Bertz CT molecular complexity index is 357. The van der Waals surface area contributed by atoms with E-state index in [-0.39, 0.29) is 5.78 Å². The summed E-state index contributed by atoms with van der Waals surface area (Å²) in [5, 5.41) is 0.655. The minimum absolute atomic E-state index is 0.110. The van der Waals surface area contributed by atoms with Gasteiger partial charge < -0.3 is 4.57 Å². The Labute approximate surface area is 81.7 Å². The van der Waals surface area contributed by atoms with Crippen LogP contribution in [0.15, 0.2) is 0 Å². The highest BCUT2D eigenvalue weighted by Crippen LogP contribution is 2.24. The first kappa shape index (κ1) is 8.75. The Morgan fingerprint density at radius 1 is 1.69 bits per heavy atom. The largest absolute Gasteiger partial charge is 0.319 e. The number of fused-ring (bicyclic) bond motifs is 1. The molecule has 0 bridgehead atoms. The lowest BCUT2D eigenvalue weighted by Gasteiger charge is -1.97. The van der Waals surface area contributed by atoms with Crippen LogP contribution in [0.4, 0.5) is 0 Å². The zero-order valence-corrected chi connectivity index (χ0v) is 8.26. The molecule has 0 radical (unpaired) electrons. The third-order valence-electron chi connectivity index (χ3n) is 2.25. The van der Waals surface area contributed by atoms with Crippen molar-refractivity contribution in [2.75, 3.05) is 0 Å². The maximum Gasteiger partial charge on any atom is 0.135 e. The van der Waals surface area contributed by atoms with Gasteiger partial charge in [-0.15, -0.1) is 0 Å². The van der Waals surface area contributed by atoms with Gasteiger partial charge in [-0.25, -0.2) is 4.98 Å². The number of halogens is 1. The van der Waals surface area contributed by atoms with Crippen molar-refractivity contribution in [1.29, 1.82) is 0 Å². The fraction of sp³-hybridized carbons (Fsp3) is 0.556. The zero-order valence-electron chi connectivity index (χ0n) is 7.51. The summed E-state index contributed by atoms with van der Waals surface area (Å²) in [4.78, 5) is 15.2. The van der Waals surface area contributed by atoms with E-state index in [2.05, 4.69) is 4.98 Å². The Kier molecular flexibility index (Phi) is 2.12. The van der Waals surface area contributed by atoms with E-state index in [1.165, 1.54) is 0 Å². The van der Waals surface area contributed by atoms with Crippen LogP contribution in [-0.2, 0) is 24.2 Å². The zero-order chi connectivity index (χ0) is 9.42. The standard InChI is InChI=1S/C9H11ClN2O/c1-6(13)5-7-9(10)12-4-2-3-8(12)11-7/h2-5H2,1H3. The van der Waals surface area contributed by atoms with Crippen LogP contribution in [0.3, 0.4) is 0 Å². The van der Waals surface area contributed by atoms with E-state index in [1.54, 1.807) is 6.92 Å². The van der Waals surface area contributed by atoms with Gasteiger partial charge in [0.15, 0.2) is 0 Å². The molecule has 13 heavy (non-hydrogen) atoms. The van der Waals surface area contributed by atoms with Gasteiger partial charge in [0.2, 0.25) is 0 Å². The van der Waals surface area contributed by atoms with E-state index in [9.17, 15) is 4.79 Å². The number of imidazole rings is 1. The molecule has 3 nitrogen and oxygen atoms in total. The molecule has 0 aromatic carbocycles. The number of aryl methyl sites for hydroxylation is 1. The van der Waals surface area contributed by atoms with Gasteiger partial charge in [-0.05, 0) is 13.3 Å². The fourth-order valence-electron chi connectivity index (χ4n) is 1.69. The summed E-state index contributed by atoms with van der Waals surface area (Å²) < 4.78 is 2.00. The van der Waals surface area contributed by atoms with Crippen molar-refractivity contribution in [1.82, 2.24) is 9.55 Å². The summed E-state index contributed by atoms with van der Waals surface area (Å²) in [6.07, 6.45) is 2.46. The van der Waals surface area contributed by atoms with Gasteiger partial charge in [0.1, 0.15) is 16.8 Å². The molecule has 0 N–H and O–H groups in total. The number of carbonyl (C=O) groups excluding carboxylic acids is 1. The van der Waals surface area contributed by atoms with Crippen molar-refractivity contribution in [3.8, 4) is 0 Å². The molecular weight excluding hydrogens is 188 g/mol. The van der Waals surface area contributed by atoms with E-state index >= 15 is 0 Å². The molecule has 2 rings (SSSR count). The van der Waals surface area contributed by atoms with Gasteiger partial charge in [0, 0.05) is 13.0 Å². The number of hydrogen-bond acceptors (Lipinski definition) is 2. The molecule has 1 aromatic heterocycles. The van der Waals surface area contributed by atoms with E-state index in [0.717, 1.165) is 30.9 Å². The average molecular weight is 199 g/mol. The number of Topliss-reactive ketones (excluding diaryl/α,β-unsaturated/α-hetero) is 1. The summed E-state index contributed by atoms with van der Waals surface area (Å²) in [7, 11) is 0. The molecule has 0 unspecified atom stereocenters. The lowest BCUT2D eigenvalue weighted by atomic mass is 10.2. The molecule has 0 saturated carbocycles. The lowest BCUT2D eigenvalue weighted by Crippen LogP contribution is -1.98. The predicted molar refractivity (Wildman–Crippen MR) is 49.9 cm³/mol. The highest BCUT2D eigenvalue weighted by Gasteiger charge is 2.19. The topological polar surface area (TPSA) is 34.9 Å². The molecule has 2 heterocycles. The molecule has 4 heteroatoms. The van der Waals surface area contributed by atoms with E-state index in [0.29, 0.717) is 11.6 Å². The average Bonchev–Trinajstić information content (AvgIpc) is 2.56. The van der Waals surface area contributed by atoms with Crippen LogP contribution < -0.4 is 0 Å². The van der Waals surface area contributed by atoms with Crippen LogP contribution in [0, 0.1) is 0 Å². The number of ketones is 1. The molecule has 1 aromatic rings. The first-order valence-electron chi connectivity index (χ1n) is 4.41. The van der Waals surface area contributed by atoms with Crippen LogP contribution in [0.5, 0.6) is 0 Å². The van der Waals surface area contributed by atoms with Crippen molar-refractivity contribution >= 4 is 17.4 Å². The Balaban J connectivity index is 2.33. The van der Waals surface area contributed by atoms with Gasteiger partial charge in [0.05, 0.1) is 12.1 Å². The Hall–Kier alpha value is -0.830. The second-order valence-electron chi connectivity index (χ2n) is 3.40. The highest BCUT2D eigenvalue weighted by atomic mass is 35.5. The lowest BCUT2D eigenvalue weighted by molar-refractivity contribution is -0.116. The molecule has 0 spiro atoms. The molecule has 1 aliphatic heterocycles. The minimum Gasteiger partial charge on any atom is -0.319 e. The third kappa shape index (κ3) is 1.48. The summed E-state index contributed by atoms with van der Waals surface area (Å²) in [5.74, 6) is 1.14. The van der Waals surface area contributed by atoms with Crippen molar-refractivity contribution in [3.05, 3.63) is 16.7 Å². The van der Waals surface area contributed by atoms with Crippen molar-refractivity contribution in [2.24, 2.45) is 0 Å². The first-order valence-corrected chi connectivity index (χ1v) is 4.79. The second-order valence-corrected chi connectivity index (χ2v) is 3.76. The SMILES string of the molecule is CC(=O)Cc1nc2n(c1Cl)CCC2. The van der Waals surface area contributed by atoms with Crippen LogP contribution in [-0.4, -0.2) is 15.3 Å². The predicted octanol–water partition coefficient (Wildman–Crippen LogP) is 1.61. The summed E-state index contributed by atoms with van der Waals surface area (Å²) in [6, 6.07) is 0. The minimum atomic E-state index is 0.110. The second kappa shape index (κ2) is 3.14. The molecule has 70 valence electrons. The molecular formula is C9H11ClN2O. The van der Waals surface area contributed by atoms with Crippen LogP contribution in [0.1, 0.15) is 24.9 Å². The van der Waals surface area contributed by atoms with Crippen molar-refractivity contribution in [2.45, 2.75) is 32.7 Å². The summed E-state index contributed by atoms with van der Waals surface area (Å²) in [5.41, 5.74) is 0.740.